The van der Waals surface area contributed by atoms with Gasteiger partial charge in [0.2, 0.25) is 0 Å². The molecule has 7 heteroatoms. The van der Waals surface area contributed by atoms with Crippen LogP contribution in [-0.2, 0) is 0 Å². The molecule has 4 nitrogen and oxygen atoms in total. The zero-order valence-electron chi connectivity index (χ0n) is 11.9. The van der Waals surface area contributed by atoms with E-state index in [2.05, 4.69) is 15.0 Å². The van der Waals surface area contributed by atoms with E-state index in [0.717, 1.165) is 10.7 Å². The van der Waals surface area contributed by atoms with Gasteiger partial charge in [0, 0.05) is 11.4 Å². The number of methoxy groups -OCH3 is 1. The molecule has 0 spiro atoms. The molecule has 1 aromatic heterocycles. The maximum absolute atomic E-state index is 12.5. The third-order valence-electron chi connectivity index (χ3n) is 2.86. The molecular weight excluding hydrogens is 298 g/mol. The van der Waals surface area contributed by atoms with Crippen molar-refractivity contribution < 1.29 is 18.3 Å². The van der Waals surface area contributed by atoms with Crippen molar-refractivity contribution in [1.29, 1.82) is 0 Å². The van der Waals surface area contributed by atoms with Crippen molar-refractivity contribution in [2.75, 3.05) is 12.4 Å². The number of alkyl halides is 2. The first kappa shape index (κ1) is 15.5. The Labute approximate surface area is 125 Å². The summed E-state index contributed by atoms with van der Waals surface area (Å²) in [6.07, 6.45) is 0. The first-order chi connectivity index (χ1) is 9.99. The maximum atomic E-state index is 12.5. The van der Waals surface area contributed by atoms with Gasteiger partial charge in [-0.15, -0.1) is 11.3 Å². The molecule has 0 aliphatic heterocycles. The van der Waals surface area contributed by atoms with Gasteiger partial charge in [0.1, 0.15) is 11.5 Å². The van der Waals surface area contributed by atoms with Gasteiger partial charge in [0.25, 0.3) is 0 Å². The van der Waals surface area contributed by atoms with Gasteiger partial charge in [0.15, 0.2) is 0 Å². The number of aryl methyl sites for hydroxylation is 1. The molecule has 0 saturated carbocycles. The summed E-state index contributed by atoms with van der Waals surface area (Å²) in [7, 11) is 1.51. The van der Waals surface area contributed by atoms with Gasteiger partial charge in [0.05, 0.1) is 29.5 Å². The Bertz CT molecular complexity index is 604. The number of aromatic nitrogens is 1. The standard InChI is InChI=1S/C14H16F2N2O2S/c1-8(12-7-21-9(2)18-12)17-11-6-10(19-3)4-5-13(11)20-14(15)16/h4-8,14,17H,1-3H3. The Morgan fingerprint density at radius 3 is 2.67 bits per heavy atom. The molecule has 0 aliphatic carbocycles. The average Bonchev–Trinajstić information content (AvgIpc) is 2.87. The van der Waals surface area contributed by atoms with Crippen LogP contribution in [0, 0.1) is 6.92 Å². The number of rotatable bonds is 6. The first-order valence-electron chi connectivity index (χ1n) is 6.31. The van der Waals surface area contributed by atoms with Crippen molar-refractivity contribution >= 4 is 17.0 Å². The summed E-state index contributed by atoms with van der Waals surface area (Å²) < 4.78 is 34.5. The molecule has 1 unspecified atom stereocenters. The summed E-state index contributed by atoms with van der Waals surface area (Å²) in [4.78, 5) is 4.38. The molecule has 1 heterocycles. The van der Waals surface area contributed by atoms with Crippen LogP contribution in [0.15, 0.2) is 23.6 Å². The number of benzene rings is 1. The number of anilines is 1. The van der Waals surface area contributed by atoms with Gasteiger partial charge < -0.3 is 14.8 Å². The smallest absolute Gasteiger partial charge is 0.387 e. The monoisotopic (exact) mass is 314 g/mol. The Balaban J connectivity index is 2.23. The van der Waals surface area contributed by atoms with Gasteiger partial charge in [-0.05, 0) is 26.0 Å². The highest BCUT2D eigenvalue weighted by molar-refractivity contribution is 7.09. The molecule has 1 aromatic carbocycles. The van der Waals surface area contributed by atoms with Crippen LogP contribution in [0.4, 0.5) is 14.5 Å². The molecule has 0 saturated heterocycles. The molecule has 2 aromatic rings. The van der Waals surface area contributed by atoms with Crippen LogP contribution in [0.2, 0.25) is 0 Å². The fourth-order valence-corrected chi connectivity index (χ4v) is 2.54. The van der Waals surface area contributed by atoms with Crippen molar-refractivity contribution in [1.82, 2.24) is 4.98 Å². The highest BCUT2D eigenvalue weighted by Gasteiger charge is 2.15. The zero-order chi connectivity index (χ0) is 15.4. The normalized spacial score (nSPS) is 12.3. The number of thiazole rings is 1. The summed E-state index contributed by atoms with van der Waals surface area (Å²) in [5, 5.41) is 6.01. The quantitative estimate of drug-likeness (QED) is 0.866. The van der Waals surface area contributed by atoms with E-state index in [-0.39, 0.29) is 11.8 Å². The van der Waals surface area contributed by atoms with Crippen LogP contribution in [0.3, 0.4) is 0 Å². The summed E-state index contributed by atoms with van der Waals surface area (Å²) >= 11 is 1.54. The van der Waals surface area contributed by atoms with Crippen LogP contribution in [0.1, 0.15) is 23.7 Å². The predicted octanol–water partition coefficient (Wildman–Crippen LogP) is 4.23. The fourth-order valence-electron chi connectivity index (χ4n) is 1.83. The van der Waals surface area contributed by atoms with Crippen LogP contribution in [-0.4, -0.2) is 18.7 Å². The summed E-state index contributed by atoms with van der Waals surface area (Å²) in [5.41, 5.74) is 1.29. The molecule has 21 heavy (non-hydrogen) atoms. The number of hydrogen-bond acceptors (Lipinski definition) is 5. The minimum atomic E-state index is -2.88. The van der Waals surface area contributed by atoms with Crippen molar-refractivity contribution in [3.8, 4) is 11.5 Å². The second kappa shape index (κ2) is 6.71. The van der Waals surface area contributed by atoms with Gasteiger partial charge >= 0.3 is 6.61 Å². The van der Waals surface area contributed by atoms with E-state index in [1.165, 1.54) is 24.5 Å². The van der Waals surface area contributed by atoms with Crippen LogP contribution in [0.5, 0.6) is 11.5 Å². The van der Waals surface area contributed by atoms with E-state index in [4.69, 9.17) is 4.74 Å². The number of halogens is 2. The van der Waals surface area contributed by atoms with Gasteiger partial charge in [-0.3, -0.25) is 0 Å². The highest BCUT2D eigenvalue weighted by atomic mass is 32.1. The zero-order valence-corrected chi connectivity index (χ0v) is 12.7. The Morgan fingerprint density at radius 1 is 1.33 bits per heavy atom. The average molecular weight is 314 g/mol. The van der Waals surface area contributed by atoms with E-state index in [0.29, 0.717) is 11.4 Å². The lowest BCUT2D eigenvalue weighted by molar-refractivity contribution is -0.0494. The minimum Gasteiger partial charge on any atom is -0.497 e. The number of nitrogens with one attached hydrogen (secondary N) is 1. The van der Waals surface area contributed by atoms with Crippen molar-refractivity contribution in [3.63, 3.8) is 0 Å². The van der Waals surface area contributed by atoms with Gasteiger partial charge in [-0.1, -0.05) is 0 Å². The first-order valence-corrected chi connectivity index (χ1v) is 7.19. The molecule has 1 N–H and O–H groups in total. The molecule has 114 valence electrons. The SMILES string of the molecule is COc1ccc(OC(F)F)c(NC(C)c2csc(C)n2)c1. The lowest BCUT2D eigenvalue weighted by Crippen LogP contribution is -2.10. The second-order valence-corrected chi connectivity index (χ2v) is 5.46. The van der Waals surface area contributed by atoms with Crippen LogP contribution in [0.25, 0.3) is 0 Å². The van der Waals surface area contributed by atoms with E-state index in [1.807, 2.05) is 19.2 Å². The fraction of sp³-hybridized carbons (Fsp3) is 0.357. The Kier molecular flexibility index (Phi) is 4.95. The van der Waals surface area contributed by atoms with Crippen molar-refractivity contribution in [2.45, 2.75) is 26.5 Å². The van der Waals surface area contributed by atoms with E-state index in [9.17, 15) is 8.78 Å². The molecule has 0 bridgehead atoms. The number of hydrogen-bond donors (Lipinski definition) is 1. The molecule has 0 aliphatic rings. The summed E-state index contributed by atoms with van der Waals surface area (Å²) in [6, 6.07) is 4.50. The Morgan fingerprint density at radius 2 is 2.10 bits per heavy atom. The largest absolute Gasteiger partial charge is 0.497 e. The molecule has 0 fully saturated rings. The summed E-state index contributed by atoms with van der Waals surface area (Å²) in [5.74, 6) is 0.630. The Hall–Kier alpha value is -1.89. The highest BCUT2D eigenvalue weighted by Crippen LogP contribution is 2.33. The van der Waals surface area contributed by atoms with Crippen molar-refractivity contribution in [2.24, 2.45) is 0 Å². The molecule has 2 rings (SSSR count). The molecule has 0 amide bonds. The third kappa shape index (κ3) is 4.04. The molecule has 1 atom stereocenters. The predicted molar refractivity (Wildman–Crippen MR) is 78.5 cm³/mol. The molecule has 0 radical (unpaired) electrons. The lowest BCUT2D eigenvalue weighted by Gasteiger charge is -2.17. The summed E-state index contributed by atoms with van der Waals surface area (Å²) in [6.45, 7) is 0.938. The van der Waals surface area contributed by atoms with Crippen LogP contribution >= 0.6 is 11.3 Å². The minimum absolute atomic E-state index is 0.0737. The number of nitrogens with zero attached hydrogens (tertiary/aromatic N) is 1. The number of ether oxygens (including phenoxy) is 2. The van der Waals surface area contributed by atoms with Gasteiger partial charge in [-0.2, -0.15) is 8.78 Å². The third-order valence-corrected chi connectivity index (χ3v) is 3.65. The second-order valence-electron chi connectivity index (χ2n) is 4.40. The van der Waals surface area contributed by atoms with Crippen LogP contribution < -0.4 is 14.8 Å². The van der Waals surface area contributed by atoms with Crippen molar-refractivity contribution in [3.05, 3.63) is 34.3 Å². The lowest BCUT2D eigenvalue weighted by atomic mass is 10.2. The van der Waals surface area contributed by atoms with E-state index >= 15 is 0 Å². The maximum Gasteiger partial charge on any atom is 0.387 e. The van der Waals surface area contributed by atoms with Gasteiger partial charge in [-0.25, -0.2) is 4.98 Å². The topological polar surface area (TPSA) is 43.4 Å². The molecular formula is C14H16F2N2O2S. The van der Waals surface area contributed by atoms with E-state index < -0.39 is 6.61 Å². The van der Waals surface area contributed by atoms with E-state index in [1.54, 1.807) is 12.1 Å².